The third-order valence-corrected chi connectivity index (χ3v) is 2.78. The molecule has 0 radical (unpaired) electrons. The van der Waals surface area contributed by atoms with Crippen LogP contribution in [-0.2, 0) is 9.53 Å². The van der Waals surface area contributed by atoms with Crippen molar-refractivity contribution in [1.29, 1.82) is 0 Å². The normalized spacial score (nSPS) is 18.1. The first kappa shape index (κ1) is 11.8. The summed E-state index contributed by atoms with van der Waals surface area (Å²) in [6, 6.07) is 0. The largest absolute Gasteiger partial charge is 0.466 e. The summed E-state index contributed by atoms with van der Waals surface area (Å²) in [4.78, 5) is 23.0. The molecule has 0 aliphatic carbocycles. The van der Waals surface area contributed by atoms with E-state index in [4.69, 9.17) is 9.84 Å². The van der Waals surface area contributed by atoms with Crippen molar-refractivity contribution in [3.63, 3.8) is 0 Å². The highest BCUT2D eigenvalue weighted by Gasteiger charge is 2.34. The Kier molecular flexibility index (Phi) is 3.94. The van der Waals surface area contributed by atoms with Crippen molar-refractivity contribution in [3.8, 4) is 0 Å². The summed E-state index contributed by atoms with van der Waals surface area (Å²) >= 11 is 0. The number of carbonyl (C=O) groups excluding carboxylic acids is 1. The fourth-order valence-corrected chi connectivity index (χ4v) is 1.68. The first-order chi connectivity index (χ1) is 7.04. The molecule has 5 nitrogen and oxygen atoms in total. The Labute approximate surface area is 89.0 Å². The molecular formula is C10H17NO4. The second kappa shape index (κ2) is 5.00. The number of nitrogens with zero attached hydrogens (tertiary/aromatic N) is 1. The molecule has 0 aromatic heterocycles. The van der Waals surface area contributed by atoms with Crippen LogP contribution in [0.4, 0.5) is 4.79 Å². The summed E-state index contributed by atoms with van der Waals surface area (Å²) in [6.45, 7) is 5.21. The van der Waals surface area contributed by atoms with Gasteiger partial charge in [0.05, 0.1) is 6.61 Å². The SMILES string of the molecule is CCOC(=O)CC(C)C1CN(C(=O)O)C1. The molecule has 0 bridgehead atoms. The lowest BCUT2D eigenvalue weighted by Gasteiger charge is -2.40. The van der Waals surface area contributed by atoms with Crippen molar-refractivity contribution in [3.05, 3.63) is 0 Å². The molecule has 1 aliphatic heterocycles. The molecule has 1 amide bonds. The molecule has 1 aliphatic rings. The maximum atomic E-state index is 11.2. The van der Waals surface area contributed by atoms with E-state index in [1.54, 1.807) is 6.92 Å². The highest BCUT2D eigenvalue weighted by Crippen LogP contribution is 2.26. The second-order valence-corrected chi connectivity index (χ2v) is 3.93. The van der Waals surface area contributed by atoms with Crippen LogP contribution in [0.5, 0.6) is 0 Å². The molecule has 1 saturated heterocycles. The maximum Gasteiger partial charge on any atom is 0.407 e. The molecule has 86 valence electrons. The van der Waals surface area contributed by atoms with E-state index in [1.807, 2.05) is 6.92 Å². The van der Waals surface area contributed by atoms with E-state index in [1.165, 1.54) is 4.90 Å². The maximum absolute atomic E-state index is 11.2. The molecule has 1 unspecified atom stereocenters. The van der Waals surface area contributed by atoms with E-state index in [0.717, 1.165) is 0 Å². The summed E-state index contributed by atoms with van der Waals surface area (Å²) < 4.78 is 4.84. The minimum absolute atomic E-state index is 0.194. The monoisotopic (exact) mass is 215 g/mol. The van der Waals surface area contributed by atoms with Gasteiger partial charge in [-0.1, -0.05) is 6.92 Å². The Hall–Kier alpha value is -1.26. The van der Waals surface area contributed by atoms with Gasteiger partial charge in [0.15, 0.2) is 0 Å². The van der Waals surface area contributed by atoms with Crippen molar-refractivity contribution in [2.24, 2.45) is 11.8 Å². The fraction of sp³-hybridized carbons (Fsp3) is 0.800. The first-order valence-corrected chi connectivity index (χ1v) is 5.18. The number of amides is 1. The highest BCUT2D eigenvalue weighted by atomic mass is 16.5. The van der Waals surface area contributed by atoms with Crippen LogP contribution in [0, 0.1) is 11.8 Å². The predicted molar refractivity (Wildman–Crippen MR) is 53.5 cm³/mol. The van der Waals surface area contributed by atoms with Gasteiger partial charge in [0.2, 0.25) is 0 Å². The van der Waals surface area contributed by atoms with Crippen LogP contribution >= 0.6 is 0 Å². The van der Waals surface area contributed by atoms with Crippen LogP contribution < -0.4 is 0 Å². The second-order valence-electron chi connectivity index (χ2n) is 3.93. The minimum atomic E-state index is -0.880. The van der Waals surface area contributed by atoms with Crippen LogP contribution in [0.1, 0.15) is 20.3 Å². The Morgan fingerprint density at radius 3 is 2.60 bits per heavy atom. The van der Waals surface area contributed by atoms with Gasteiger partial charge in [-0.3, -0.25) is 4.79 Å². The lowest BCUT2D eigenvalue weighted by Crippen LogP contribution is -2.52. The van der Waals surface area contributed by atoms with Gasteiger partial charge in [-0.05, 0) is 18.8 Å². The molecule has 0 aromatic rings. The summed E-state index contributed by atoms with van der Waals surface area (Å²) in [5, 5.41) is 8.63. The summed E-state index contributed by atoms with van der Waals surface area (Å²) in [5.41, 5.74) is 0. The van der Waals surface area contributed by atoms with Gasteiger partial charge < -0.3 is 14.7 Å². The smallest absolute Gasteiger partial charge is 0.407 e. The molecule has 0 saturated carbocycles. The molecule has 15 heavy (non-hydrogen) atoms. The lowest BCUT2D eigenvalue weighted by atomic mass is 9.85. The quantitative estimate of drug-likeness (QED) is 0.715. The van der Waals surface area contributed by atoms with Gasteiger partial charge >= 0.3 is 12.1 Å². The Bertz CT molecular complexity index is 248. The van der Waals surface area contributed by atoms with Gasteiger partial charge in [-0.15, -0.1) is 0 Å². The number of likely N-dealkylation sites (tertiary alicyclic amines) is 1. The summed E-state index contributed by atoms with van der Waals surface area (Å²) in [7, 11) is 0. The van der Waals surface area contributed by atoms with Crippen LogP contribution in [0.3, 0.4) is 0 Å². The van der Waals surface area contributed by atoms with Crippen LogP contribution in [0.15, 0.2) is 0 Å². The van der Waals surface area contributed by atoms with Gasteiger partial charge in [0.25, 0.3) is 0 Å². The van der Waals surface area contributed by atoms with Crippen molar-refractivity contribution < 1.29 is 19.4 Å². The number of carbonyl (C=O) groups is 2. The molecule has 1 heterocycles. The van der Waals surface area contributed by atoms with E-state index in [9.17, 15) is 9.59 Å². The molecule has 1 atom stereocenters. The van der Waals surface area contributed by atoms with Crippen LogP contribution in [0.2, 0.25) is 0 Å². The fourth-order valence-electron chi connectivity index (χ4n) is 1.68. The Morgan fingerprint density at radius 2 is 2.13 bits per heavy atom. The molecular weight excluding hydrogens is 198 g/mol. The molecule has 5 heteroatoms. The van der Waals surface area contributed by atoms with E-state index < -0.39 is 6.09 Å². The van der Waals surface area contributed by atoms with Crippen LogP contribution in [0.25, 0.3) is 0 Å². The first-order valence-electron chi connectivity index (χ1n) is 5.18. The van der Waals surface area contributed by atoms with E-state index in [-0.39, 0.29) is 11.9 Å². The number of rotatable bonds is 4. The molecule has 1 rings (SSSR count). The zero-order valence-corrected chi connectivity index (χ0v) is 9.10. The van der Waals surface area contributed by atoms with Crippen molar-refractivity contribution in [1.82, 2.24) is 4.90 Å². The third-order valence-electron chi connectivity index (χ3n) is 2.78. The number of ether oxygens (including phenoxy) is 1. The average molecular weight is 215 g/mol. The summed E-state index contributed by atoms with van der Waals surface area (Å²) in [6.07, 6.45) is -0.499. The Balaban J connectivity index is 2.23. The number of hydrogen-bond donors (Lipinski definition) is 1. The van der Waals surface area contributed by atoms with E-state index in [0.29, 0.717) is 32.0 Å². The summed E-state index contributed by atoms with van der Waals surface area (Å²) in [5.74, 6) is 0.295. The van der Waals surface area contributed by atoms with Crippen molar-refractivity contribution in [2.45, 2.75) is 20.3 Å². The average Bonchev–Trinajstić information content (AvgIpc) is 1.99. The molecule has 0 spiro atoms. The standard InChI is InChI=1S/C10H17NO4/c1-3-15-9(12)4-7(2)8-5-11(6-8)10(13)14/h7-8H,3-6H2,1-2H3,(H,13,14). The highest BCUT2D eigenvalue weighted by molar-refractivity contribution is 5.70. The number of carboxylic acid groups (broad SMARTS) is 1. The molecule has 0 aromatic carbocycles. The Morgan fingerprint density at radius 1 is 1.53 bits per heavy atom. The molecule has 1 fully saturated rings. The van der Waals surface area contributed by atoms with Gasteiger partial charge in [0.1, 0.15) is 0 Å². The predicted octanol–water partition coefficient (Wildman–Crippen LogP) is 1.19. The van der Waals surface area contributed by atoms with E-state index >= 15 is 0 Å². The number of hydrogen-bond acceptors (Lipinski definition) is 3. The minimum Gasteiger partial charge on any atom is -0.466 e. The van der Waals surface area contributed by atoms with Gasteiger partial charge in [-0.2, -0.15) is 0 Å². The van der Waals surface area contributed by atoms with Gasteiger partial charge in [-0.25, -0.2) is 4.79 Å². The molecule has 1 N–H and O–H groups in total. The van der Waals surface area contributed by atoms with Crippen molar-refractivity contribution >= 4 is 12.1 Å². The van der Waals surface area contributed by atoms with Gasteiger partial charge in [0, 0.05) is 19.5 Å². The zero-order chi connectivity index (χ0) is 11.4. The van der Waals surface area contributed by atoms with Crippen LogP contribution in [-0.4, -0.2) is 41.8 Å². The number of esters is 1. The zero-order valence-electron chi connectivity index (χ0n) is 9.10. The topological polar surface area (TPSA) is 66.8 Å². The van der Waals surface area contributed by atoms with Crippen molar-refractivity contribution in [2.75, 3.05) is 19.7 Å². The lowest BCUT2D eigenvalue weighted by molar-refractivity contribution is -0.145. The van der Waals surface area contributed by atoms with E-state index in [2.05, 4.69) is 0 Å². The third kappa shape index (κ3) is 3.11.